The summed E-state index contributed by atoms with van der Waals surface area (Å²) >= 11 is 3.52. The molecule has 0 fully saturated rings. The molecule has 5 heteroatoms. The molecule has 2 aromatic rings. The summed E-state index contributed by atoms with van der Waals surface area (Å²) in [4.78, 5) is 0. The van der Waals surface area contributed by atoms with Crippen molar-refractivity contribution in [1.82, 2.24) is 10.2 Å². The lowest BCUT2D eigenvalue weighted by atomic mass is 9.94. The average molecular weight is 335 g/mol. The van der Waals surface area contributed by atoms with Crippen molar-refractivity contribution in [2.45, 2.75) is 13.8 Å². The van der Waals surface area contributed by atoms with E-state index < -0.39 is 0 Å². The molecule has 0 unspecified atom stereocenters. The minimum atomic E-state index is 0.0445. The number of nitrogens with one attached hydrogen (secondary N) is 1. The first-order valence-electron chi connectivity index (χ1n) is 6.54. The van der Waals surface area contributed by atoms with Crippen LogP contribution in [0.1, 0.15) is 13.8 Å². The highest BCUT2D eigenvalue weighted by Crippen LogP contribution is 2.26. The number of hydrogen-bond donors (Lipinski definition) is 2. The Morgan fingerprint density at radius 3 is 2.50 bits per heavy atom. The van der Waals surface area contributed by atoms with Gasteiger partial charge in [-0.3, -0.25) is 0 Å². The van der Waals surface area contributed by atoms with E-state index in [-0.39, 0.29) is 5.41 Å². The zero-order chi connectivity index (χ0) is 14.6. The molecular formula is C15H19BrN4. The lowest BCUT2D eigenvalue weighted by Crippen LogP contribution is -2.31. The first-order valence-corrected chi connectivity index (χ1v) is 7.34. The minimum absolute atomic E-state index is 0.0445. The van der Waals surface area contributed by atoms with E-state index in [1.54, 1.807) is 0 Å². The van der Waals surface area contributed by atoms with Crippen LogP contribution < -0.4 is 11.1 Å². The second-order valence-corrected chi connectivity index (χ2v) is 6.36. The van der Waals surface area contributed by atoms with Crippen molar-refractivity contribution in [3.05, 3.63) is 40.9 Å². The predicted octanol–water partition coefficient (Wildman–Crippen LogP) is 3.30. The lowest BCUT2D eigenvalue weighted by molar-refractivity contribution is 0.405. The molecule has 106 valence electrons. The molecular weight excluding hydrogens is 316 g/mol. The van der Waals surface area contributed by atoms with Crippen LogP contribution in [0.2, 0.25) is 0 Å². The normalized spacial score (nSPS) is 11.4. The van der Waals surface area contributed by atoms with Gasteiger partial charge in [-0.2, -0.15) is 0 Å². The monoisotopic (exact) mass is 334 g/mol. The SMILES string of the molecule is CC(C)(CN)CNc1ccc(-c2ccccc2Br)nn1. The summed E-state index contributed by atoms with van der Waals surface area (Å²) in [5.74, 6) is 0.766. The summed E-state index contributed by atoms with van der Waals surface area (Å²) in [6.45, 7) is 5.63. The second-order valence-electron chi connectivity index (χ2n) is 5.51. The van der Waals surface area contributed by atoms with Crippen LogP contribution in [0.5, 0.6) is 0 Å². The highest BCUT2D eigenvalue weighted by molar-refractivity contribution is 9.10. The van der Waals surface area contributed by atoms with Crippen molar-refractivity contribution in [3.8, 4) is 11.3 Å². The van der Waals surface area contributed by atoms with Crippen LogP contribution in [-0.4, -0.2) is 23.3 Å². The quantitative estimate of drug-likeness (QED) is 0.880. The Morgan fingerprint density at radius 1 is 1.15 bits per heavy atom. The maximum atomic E-state index is 5.71. The third kappa shape index (κ3) is 3.77. The summed E-state index contributed by atoms with van der Waals surface area (Å²) in [6.07, 6.45) is 0. The first kappa shape index (κ1) is 14.9. The van der Waals surface area contributed by atoms with E-state index in [1.165, 1.54) is 0 Å². The van der Waals surface area contributed by atoms with Gasteiger partial charge in [-0.05, 0) is 30.2 Å². The summed E-state index contributed by atoms with van der Waals surface area (Å²) in [5, 5.41) is 11.7. The Balaban J connectivity index is 2.09. The number of nitrogens with zero attached hydrogens (tertiary/aromatic N) is 2. The molecule has 1 aromatic heterocycles. The van der Waals surface area contributed by atoms with Crippen molar-refractivity contribution in [3.63, 3.8) is 0 Å². The van der Waals surface area contributed by atoms with Gasteiger partial charge in [-0.15, -0.1) is 10.2 Å². The Kier molecular flexibility index (Phi) is 4.73. The fourth-order valence-corrected chi connectivity index (χ4v) is 2.13. The molecule has 0 spiro atoms. The van der Waals surface area contributed by atoms with Gasteiger partial charge in [0, 0.05) is 16.6 Å². The van der Waals surface area contributed by atoms with Crippen molar-refractivity contribution in [1.29, 1.82) is 0 Å². The molecule has 0 aliphatic rings. The van der Waals surface area contributed by atoms with Gasteiger partial charge in [-0.25, -0.2) is 0 Å². The van der Waals surface area contributed by atoms with Gasteiger partial charge in [0.2, 0.25) is 0 Å². The van der Waals surface area contributed by atoms with Crippen LogP contribution in [0.4, 0.5) is 5.82 Å². The third-order valence-electron chi connectivity index (χ3n) is 3.11. The highest BCUT2D eigenvalue weighted by Gasteiger charge is 2.15. The van der Waals surface area contributed by atoms with Crippen LogP contribution in [-0.2, 0) is 0 Å². The van der Waals surface area contributed by atoms with E-state index in [0.717, 1.165) is 28.1 Å². The smallest absolute Gasteiger partial charge is 0.148 e. The number of rotatable bonds is 5. The topological polar surface area (TPSA) is 63.8 Å². The molecule has 0 saturated carbocycles. The Hall–Kier alpha value is -1.46. The highest BCUT2D eigenvalue weighted by atomic mass is 79.9. The summed E-state index contributed by atoms with van der Waals surface area (Å²) in [6, 6.07) is 11.9. The maximum absolute atomic E-state index is 5.71. The van der Waals surface area contributed by atoms with Gasteiger partial charge < -0.3 is 11.1 Å². The molecule has 0 bridgehead atoms. The zero-order valence-corrected chi connectivity index (χ0v) is 13.3. The van der Waals surface area contributed by atoms with E-state index in [2.05, 4.69) is 45.3 Å². The first-order chi connectivity index (χ1) is 9.52. The fraction of sp³-hybridized carbons (Fsp3) is 0.333. The molecule has 0 radical (unpaired) electrons. The molecule has 2 rings (SSSR count). The minimum Gasteiger partial charge on any atom is -0.368 e. The van der Waals surface area contributed by atoms with Crippen molar-refractivity contribution in [2.24, 2.45) is 11.1 Å². The molecule has 1 heterocycles. The zero-order valence-electron chi connectivity index (χ0n) is 11.7. The lowest BCUT2D eigenvalue weighted by Gasteiger charge is -2.22. The third-order valence-corrected chi connectivity index (χ3v) is 3.81. The number of hydrogen-bond acceptors (Lipinski definition) is 4. The van der Waals surface area contributed by atoms with Gasteiger partial charge in [0.05, 0.1) is 5.69 Å². The Bertz CT molecular complexity index is 566. The van der Waals surface area contributed by atoms with Crippen molar-refractivity contribution >= 4 is 21.7 Å². The van der Waals surface area contributed by atoms with Crippen molar-refractivity contribution in [2.75, 3.05) is 18.4 Å². The number of nitrogens with two attached hydrogens (primary N) is 1. The van der Waals surface area contributed by atoms with Gasteiger partial charge in [0.25, 0.3) is 0 Å². The molecule has 1 aromatic carbocycles. The average Bonchev–Trinajstić information content (AvgIpc) is 2.46. The standard InChI is InChI=1S/C15H19BrN4/c1-15(2,9-17)10-18-14-8-7-13(19-20-14)11-5-3-4-6-12(11)16/h3-8H,9-10,17H2,1-2H3,(H,18,20). The van der Waals surface area contributed by atoms with Gasteiger partial charge in [-0.1, -0.05) is 48.0 Å². The van der Waals surface area contributed by atoms with Crippen LogP contribution in [0.25, 0.3) is 11.3 Å². The van der Waals surface area contributed by atoms with E-state index in [0.29, 0.717) is 6.54 Å². The molecule has 3 N–H and O–H groups in total. The van der Waals surface area contributed by atoms with Crippen molar-refractivity contribution < 1.29 is 0 Å². The Labute approximate surface area is 127 Å². The summed E-state index contributed by atoms with van der Waals surface area (Å²) in [7, 11) is 0. The number of benzene rings is 1. The molecule has 20 heavy (non-hydrogen) atoms. The van der Waals surface area contributed by atoms with Gasteiger partial charge >= 0.3 is 0 Å². The second kappa shape index (κ2) is 6.33. The van der Waals surface area contributed by atoms with Crippen LogP contribution in [0, 0.1) is 5.41 Å². The van der Waals surface area contributed by atoms with E-state index in [1.807, 2.05) is 36.4 Å². The largest absolute Gasteiger partial charge is 0.368 e. The van der Waals surface area contributed by atoms with Gasteiger partial charge in [0.15, 0.2) is 0 Å². The fourth-order valence-electron chi connectivity index (χ4n) is 1.64. The molecule has 0 aliphatic heterocycles. The molecule has 0 aliphatic carbocycles. The number of aromatic nitrogens is 2. The van der Waals surface area contributed by atoms with E-state index in [9.17, 15) is 0 Å². The molecule has 4 nitrogen and oxygen atoms in total. The maximum Gasteiger partial charge on any atom is 0.148 e. The molecule has 0 saturated heterocycles. The van der Waals surface area contributed by atoms with Crippen LogP contribution >= 0.6 is 15.9 Å². The predicted molar refractivity (Wildman–Crippen MR) is 86.5 cm³/mol. The van der Waals surface area contributed by atoms with E-state index in [4.69, 9.17) is 5.73 Å². The molecule has 0 atom stereocenters. The molecule has 0 amide bonds. The van der Waals surface area contributed by atoms with E-state index >= 15 is 0 Å². The summed E-state index contributed by atoms with van der Waals surface area (Å²) < 4.78 is 1.01. The van der Waals surface area contributed by atoms with Crippen LogP contribution in [0.3, 0.4) is 0 Å². The number of halogens is 1. The summed E-state index contributed by atoms with van der Waals surface area (Å²) in [5.41, 5.74) is 7.63. The van der Waals surface area contributed by atoms with Crippen LogP contribution in [0.15, 0.2) is 40.9 Å². The van der Waals surface area contributed by atoms with Gasteiger partial charge in [0.1, 0.15) is 5.82 Å². The Morgan fingerprint density at radius 2 is 1.90 bits per heavy atom. The number of anilines is 1.